The monoisotopic (exact) mass is 470 g/mol. The Balaban J connectivity index is 1.77. The Kier molecular flexibility index (Phi) is 12.8. The Bertz CT molecular complexity index is 942. The van der Waals surface area contributed by atoms with E-state index in [9.17, 15) is 13.6 Å². The van der Waals surface area contributed by atoms with E-state index in [0.29, 0.717) is 24.3 Å². The lowest BCUT2D eigenvalue weighted by atomic mass is 10.1. The minimum Gasteiger partial charge on any atom is -0.490 e. The van der Waals surface area contributed by atoms with Gasteiger partial charge in [0.25, 0.3) is 0 Å². The quantitative estimate of drug-likeness (QED) is 0.160. The van der Waals surface area contributed by atoms with Gasteiger partial charge in [0, 0.05) is 5.56 Å². The summed E-state index contributed by atoms with van der Waals surface area (Å²) in [5.74, 6) is 2.90. The summed E-state index contributed by atoms with van der Waals surface area (Å²) in [6.07, 6.45) is 12.0. The number of rotatable bonds is 14. The normalized spacial score (nSPS) is 10.5. The van der Waals surface area contributed by atoms with Crippen LogP contribution in [-0.2, 0) is 4.74 Å². The number of hydrogen-bond acceptors (Lipinski definition) is 3. The number of carbonyl (C=O) groups is 1. The molecule has 0 N–H and O–H groups in total. The van der Waals surface area contributed by atoms with Crippen LogP contribution in [0.5, 0.6) is 5.75 Å². The molecule has 0 amide bonds. The molecule has 0 unspecified atom stereocenters. The average Bonchev–Trinajstić information content (AvgIpc) is 2.85. The molecule has 0 atom stereocenters. The van der Waals surface area contributed by atoms with Crippen molar-refractivity contribution in [2.45, 2.75) is 78.1 Å². The van der Waals surface area contributed by atoms with Crippen LogP contribution < -0.4 is 4.74 Å². The third-order valence-electron chi connectivity index (χ3n) is 5.54. The zero-order valence-electron chi connectivity index (χ0n) is 20.4. The van der Waals surface area contributed by atoms with Gasteiger partial charge in [-0.3, -0.25) is 0 Å². The van der Waals surface area contributed by atoms with Crippen LogP contribution >= 0.6 is 0 Å². The van der Waals surface area contributed by atoms with Crippen molar-refractivity contribution in [1.29, 1.82) is 0 Å². The highest BCUT2D eigenvalue weighted by molar-refractivity contribution is 5.89. The maximum Gasteiger partial charge on any atom is 0.338 e. The smallest absolute Gasteiger partial charge is 0.338 e. The van der Waals surface area contributed by atoms with Crippen LogP contribution in [0.15, 0.2) is 36.4 Å². The van der Waals surface area contributed by atoms with Crippen molar-refractivity contribution < 1.29 is 23.0 Å². The van der Waals surface area contributed by atoms with E-state index in [4.69, 9.17) is 9.47 Å². The summed E-state index contributed by atoms with van der Waals surface area (Å²) in [4.78, 5) is 11.7. The van der Waals surface area contributed by atoms with Gasteiger partial charge in [0.15, 0.2) is 11.6 Å². The van der Waals surface area contributed by atoms with E-state index in [1.165, 1.54) is 57.1 Å². The molecule has 184 valence electrons. The Morgan fingerprint density at radius 1 is 0.765 bits per heavy atom. The molecular weight excluding hydrogens is 434 g/mol. The number of ether oxygens (including phenoxy) is 2. The summed E-state index contributed by atoms with van der Waals surface area (Å²) in [6, 6.07) is 9.29. The molecule has 3 nitrogen and oxygen atoms in total. The molecule has 0 bridgehead atoms. The van der Waals surface area contributed by atoms with Gasteiger partial charge in [0.2, 0.25) is 5.82 Å². The molecule has 0 saturated carbocycles. The summed E-state index contributed by atoms with van der Waals surface area (Å²) < 4.78 is 39.2. The molecule has 2 aromatic carbocycles. The van der Waals surface area contributed by atoms with Gasteiger partial charge in [0.05, 0.1) is 24.3 Å². The third kappa shape index (κ3) is 9.55. The summed E-state index contributed by atoms with van der Waals surface area (Å²) in [5, 5.41) is 0. The fourth-order valence-corrected chi connectivity index (χ4v) is 3.55. The van der Waals surface area contributed by atoms with Gasteiger partial charge in [-0.25, -0.2) is 9.18 Å². The maximum absolute atomic E-state index is 14.4. The van der Waals surface area contributed by atoms with Crippen LogP contribution in [0.1, 0.15) is 99.5 Å². The zero-order valence-corrected chi connectivity index (χ0v) is 20.4. The largest absolute Gasteiger partial charge is 0.490 e. The number of unbranched alkanes of at least 4 members (excludes halogenated alkanes) is 9. The highest BCUT2D eigenvalue weighted by Gasteiger charge is 2.13. The van der Waals surface area contributed by atoms with Crippen molar-refractivity contribution in [2.24, 2.45) is 0 Å². The fraction of sp³-hybridized carbons (Fsp3) is 0.483. The van der Waals surface area contributed by atoms with Crippen LogP contribution in [0.25, 0.3) is 0 Å². The van der Waals surface area contributed by atoms with Gasteiger partial charge < -0.3 is 9.47 Å². The summed E-state index contributed by atoms with van der Waals surface area (Å²) in [7, 11) is 0. The van der Waals surface area contributed by atoms with Gasteiger partial charge >= 0.3 is 5.97 Å². The van der Waals surface area contributed by atoms with Crippen molar-refractivity contribution in [2.75, 3.05) is 13.2 Å². The number of benzene rings is 2. The van der Waals surface area contributed by atoms with Crippen molar-refractivity contribution in [3.05, 3.63) is 64.7 Å². The molecule has 0 spiro atoms. The van der Waals surface area contributed by atoms with Gasteiger partial charge in [-0.2, -0.15) is 4.39 Å². The van der Waals surface area contributed by atoms with Gasteiger partial charge in [-0.05, 0) is 49.7 Å². The molecule has 0 saturated heterocycles. The molecule has 0 aliphatic rings. The lowest BCUT2D eigenvalue weighted by Gasteiger charge is -2.08. The summed E-state index contributed by atoms with van der Waals surface area (Å²) in [6.45, 7) is 4.62. The van der Waals surface area contributed by atoms with E-state index < -0.39 is 17.6 Å². The Hall–Kier alpha value is -2.87. The molecule has 0 aromatic heterocycles. The van der Waals surface area contributed by atoms with Crippen molar-refractivity contribution in [1.82, 2.24) is 0 Å². The molecule has 0 aliphatic carbocycles. The predicted octanol–water partition coefficient (Wildman–Crippen LogP) is 7.84. The molecule has 0 heterocycles. The highest BCUT2D eigenvalue weighted by Crippen LogP contribution is 2.23. The molecule has 0 radical (unpaired) electrons. The number of halogens is 2. The molecule has 0 fully saturated rings. The van der Waals surface area contributed by atoms with Crippen molar-refractivity contribution >= 4 is 5.97 Å². The lowest BCUT2D eigenvalue weighted by Crippen LogP contribution is -2.04. The molecule has 34 heavy (non-hydrogen) atoms. The van der Waals surface area contributed by atoms with Crippen molar-refractivity contribution in [3.8, 4) is 17.6 Å². The highest BCUT2D eigenvalue weighted by atomic mass is 19.2. The van der Waals surface area contributed by atoms with Gasteiger partial charge in [0.1, 0.15) is 0 Å². The molecular formula is C29H36F2O3. The molecule has 2 aromatic rings. The van der Waals surface area contributed by atoms with Crippen LogP contribution in [0.4, 0.5) is 8.78 Å². The molecule has 5 heteroatoms. The predicted molar refractivity (Wildman–Crippen MR) is 132 cm³/mol. The van der Waals surface area contributed by atoms with Crippen molar-refractivity contribution in [3.63, 3.8) is 0 Å². The van der Waals surface area contributed by atoms with E-state index in [0.717, 1.165) is 19.3 Å². The van der Waals surface area contributed by atoms with Crippen LogP contribution in [-0.4, -0.2) is 19.2 Å². The van der Waals surface area contributed by atoms with E-state index in [-0.39, 0.29) is 11.3 Å². The van der Waals surface area contributed by atoms with E-state index in [2.05, 4.69) is 18.8 Å². The Morgan fingerprint density at radius 3 is 2.00 bits per heavy atom. The Morgan fingerprint density at radius 2 is 1.38 bits per heavy atom. The first-order valence-corrected chi connectivity index (χ1v) is 12.5. The number of carbonyl (C=O) groups excluding carboxylic acids is 1. The van der Waals surface area contributed by atoms with Gasteiger partial charge in [-0.15, -0.1) is 0 Å². The molecule has 2 rings (SSSR count). The first-order chi connectivity index (χ1) is 16.6. The number of esters is 1. The fourth-order valence-electron chi connectivity index (χ4n) is 3.55. The second-order valence-electron chi connectivity index (χ2n) is 8.32. The van der Waals surface area contributed by atoms with E-state index in [1.807, 2.05) is 0 Å². The minimum atomic E-state index is -1.02. The third-order valence-corrected chi connectivity index (χ3v) is 5.54. The van der Waals surface area contributed by atoms with Gasteiger partial charge in [-0.1, -0.05) is 76.6 Å². The number of hydrogen-bond donors (Lipinski definition) is 0. The maximum atomic E-state index is 14.4. The van der Waals surface area contributed by atoms with Crippen LogP contribution in [0.3, 0.4) is 0 Å². The topological polar surface area (TPSA) is 35.5 Å². The van der Waals surface area contributed by atoms with Crippen LogP contribution in [0, 0.1) is 23.5 Å². The second-order valence-corrected chi connectivity index (χ2v) is 8.32. The summed E-state index contributed by atoms with van der Waals surface area (Å²) in [5.41, 5.74) is 0.945. The standard InChI is InChI=1S/C29H36F2O3/c1-3-5-6-7-8-9-10-11-12-13-22-34-26-21-20-24(27(30)28(26)31)17-14-23-15-18-25(19-16-23)29(32)33-4-2/h15-16,18-21H,3-13,22H2,1-2H3. The second kappa shape index (κ2) is 15.9. The SMILES string of the molecule is CCCCCCCCCCCCOc1ccc(C#Cc2ccc(C(=O)OCC)cc2)c(F)c1F. The minimum absolute atomic E-state index is 0.0433. The summed E-state index contributed by atoms with van der Waals surface area (Å²) >= 11 is 0. The average molecular weight is 471 g/mol. The van der Waals surface area contributed by atoms with Crippen LogP contribution in [0.2, 0.25) is 0 Å². The lowest BCUT2D eigenvalue weighted by molar-refractivity contribution is 0.0526. The first-order valence-electron chi connectivity index (χ1n) is 12.5. The zero-order chi connectivity index (χ0) is 24.6. The first kappa shape index (κ1) is 27.4. The molecule has 0 aliphatic heterocycles. The Labute approximate surface area is 202 Å². The van der Waals surface area contributed by atoms with E-state index >= 15 is 0 Å². The van der Waals surface area contributed by atoms with E-state index in [1.54, 1.807) is 31.2 Å².